The summed E-state index contributed by atoms with van der Waals surface area (Å²) in [4.78, 5) is 0. The molecule has 1 aromatic carbocycles. The second-order valence-corrected chi connectivity index (χ2v) is 3.74. The summed E-state index contributed by atoms with van der Waals surface area (Å²) in [7, 11) is 0. The second kappa shape index (κ2) is 7.35. The molecule has 0 aliphatic heterocycles. The molecule has 0 bridgehead atoms. The molecule has 0 saturated heterocycles. The van der Waals surface area contributed by atoms with Crippen LogP contribution in [0.15, 0.2) is 30.3 Å². The molecule has 0 radical (unpaired) electrons. The normalized spacial score (nSPS) is 10.8. The van der Waals surface area contributed by atoms with Crippen LogP contribution in [0.5, 0.6) is 0 Å². The summed E-state index contributed by atoms with van der Waals surface area (Å²) < 4.78 is 35.4. The maximum Gasteiger partial charge on any atom is 1.00 e. The molecule has 0 nitrogen and oxygen atoms in total. The molecule has 14 heavy (non-hydrogen) atoms. The minimum absolute atomic E-state index is 0. The monoisotopic (exact) mass is 244 g/mol. The van der Waals surface area contributed by atoms with Crippen molar-refractivity contribution in [2.24, 2.45) is 0 Å². The van der Waals surface area contributed by atoms with E-state index in [-0.39, 0.29) is 51.4 Å². The fourth-order valence-electron chi connectivity index (χ4n) is 0.885. The van der Waals surface area contributed by atoms with Crippen LogP contribution in [0.2, 0.25) is 0 Å². The molecule has 0 heterocycles. The van der Waals surface area contributed by atoms with Crippen LogP contribution in [0.25, 0.3) is 0 Å². The summed E-state index contributed by atoms with van der Waals surface area (Å²) in [5.74, 6) is 0.433. The number of halogens is 3. The smallest absolute Gasteiger partial charge is 0.448 e. The van der Waals surface area contributed by atoms with E-state index in [0.717, 1.165) is 17.3 Å². The van der Waals surface area contributed by atoms with Gasteiger partial charge in [-0.05, 0) is 11.2 Å². The van der Waals surface area contributed by atoms with Crippen molar-refractivity contribution in [2.75, 3.05) is 5.65 Å². The number of thioether (sulfide) groups is 1. The Morgan fingerprint density at radius 3 is 2.14 bits per heavy atom. The third kappa shape index (κ3) is 7.37. The van der Waals surface area contributed by atoms with Crippen molar-refractivity contribution in [3.8, 4) is 0 Å². The van der Waals surface area contributed by atoms with Crippen molar-refractivity contribution >= 4 is 18.7 Å². The van der Waals surface area contributed by atoms with Gasteiger partial charge in [-0.25, -0.2) is 0 Å². The molecule has 0 amide bonds. The average molecular weight is 244 g/mol. The van der Waals surface area contributed by atoms with E-state index < -0.39 is 12.6 Å². The predicted octanol–water partition coefficient (Wildman–Crippen LogP) is 0.310. The van der Waals surface area contributed by atoms with Crippen LogP contribution in [0, 0.1) is 0 Å². The van der Waals surface area contributed by atoms with E-state index in [9.17, 15) is 12.9 Å². The SMILES string of the molecule is F[B-](F)(F)CSCc1ccccc1.[K+]. The fraction of sp³-hybridized carbons (Fsp3) is 0.250. The summed E-state index contributed by atoms with van der Waals surface area (Å²) >= 11 is 0.916. The van der Waals surface area contributed by atoms with Crippen LogP contribution < -0.4 is 51.4 Å². The summed E-state index contributed by atoms with van der Waals surface area (Å²) in [6.45, 7) is -4.64. The summed E-state index contributed by atoms with van der Waals surface area (Å²) in [5, 5.41) is 0. The van der Waals surface area contributed by atoms with Crippen LogP contribution in [-0.4, -0.2) is 12.6 Å². The number of benzene rings is 1. The topological polar surface area (TPSA) is 0 Å². The molecule has 0 aliphatic carbocycles. The van der Waals surface area contributed by atoms with Crippen molar-refractivity contribution in [1.29, 1.82) is 0 Å². The van der Waals surface area contributed by atoms with Crippen LogP contribution in [-0.2, 0) is 5.75 Å². The number of hydrogen-bond donors (Lipinski definition) is 0. The standard InChI is InChI=1S/C8H9BF3S.K/c10-9(11,12)7-13-6-8-4-2-1-3-5-8;/h1-5H,6-7H2;/q-1;+1. The van der Waals surface area contributed by atoms with E-state index in [1.807, 2.05) is 30.3 Å². The van der Waals surface area contributed by atoms with Crippen LogP contribution >= 0.6 is 11.8 Å². The van der Waals surface area contributed by atoms with Crippen LogP contribution in [0.1, 0.15) is 5.56 Å². The van der Waals surface area contributed by atoms with Gasteiger partial charge in [-0.1, -0.05) is 30.3 Å². The zero-order chi connectivity index (χ0) is 9.73. The zero-order valence-corrected chi connectivity index (χ0v) is 11.9. The van der Waals surface area contributed by atoms with E-state index >= 15 is 0 Å². The van der Waals surface area contributed by atoms with Crippen molar-refractivity contribution in [1.82, 2.24) is 0 Å². The first-order valence-electron chi connectivity index (χ1n) is 3.90. The molecule has 0 aliphatic rings. The van der Waals surface area contributed by atoms with Gasteiger partial charge < -0.3 is 12.9 Å². The molecule has 0 atom stereocenters. The van der Waals surface area contributed by atoms with Gasteiger partial charge in [0.1, 0.15) is 0 Å². The molecule has 0 N–H and O–H groups in total. The van der Waals surface area contributed by atoms with Gasteiger partial charge in [0.05, 0.1) is 0 Å². The maximum atomic E-state index is 11.8. The first-order valence-corrected chi connectivity index (χ1v) is 5.06. The quantitative estimate of drug-likeness (QED) is 0.687. The van der Waals surface area contributed by atoms with E-state index in [4.69, 9.17) is 0 Å². The number of rotatable bonds is 4. The predicted molar refractivity (Wildman–Crippen MR) is 51.7 cm³/mol. The molecule has 0 unspecified atom stereocenters. The molecule has 0 fully saturated rings. The molecule has 0 aromatic heterocycles. The van der Waals surface area contributed by atoms with Crippen molar-refractivity contribution in [3.05, 3.63) is 35.9 Å². The summed E-state index contributed by atoms with van der Waals surface area (Å²) in [5.41, 5.74) is 0.224. The molecule has 6 heteroatoms. The number of hydrogen-bond acceptors (Lipinski definition) is 1. The Bertz CT molecular complexity index is 253. The maximum absolute atomic E-state index is 11.8. The van der Waals surface area contributed by atoms with Crippen LogP contribution in [0.4, 0.5) is 12.9 Å². The Hall–Kier alpha value is 1.06. The third-order valence-corrected chi connectivity index (χ3v) is 2.57. The molecular weight excluding hydrogens is 235 g/mol. The Labute approximate surface area is 129 Å². The van der Waals surface area contributed by atoms with Gasteiger partial charge in [-0.3, -0.25) is 0 Å². The average Bonchev–Trinajstić information content (AvgIpc) is 2.04. The van der Waals surface area contributed by atoms with Crippen LogP contribution in [0.3, 0.4) is 0 Å². The van der Waals surface area contributed by atoms with Gasteiger partial charge in [0.25, 0.3) is 0 Å². The zero-order valence-electron chi connectivity index (χ0n) is 7.92. The first kappa shape index (κ1) is 15.1. The minimum Gasteiger partial charge on any atom is -0.448 e. The van der Waals surface area contributed by atoms with E-state index in [1.165, 1.54) is 0 Å². The summed E-state index contributed by atoms with van der Waals surface area (Å²) in [6, 6.07) is 9.16. The van der Waals surface area contributed by atoms with Crippen molar-refractivity contribution in [3.63, 3.8) is 0 Å². The Morgan fingerprint density at radius 1 is 1.07 bits per heavy atom. The van der Waals surface area contributed by atoms with Gasteiger partial charge in [0.2, 0.25) is 0 Å². The molecular formula is C8H9BF3KS. The van der Waals surface area contributed by atoms with E-state index in [0.29, 0.717) is 5.75 Å². The van der Waals surface area contributed by atoms with Gasteiger partial charge in [-0.2, -0.15) is 11.8 Å². The molecule has 72 valence electrons. The second-order valence-electron chi connectivity index (χ2n) is 2.71. The minimum atomic E-state index is -4.64. The fourth-order valence-corrected chi connectivity index (χ4v) is 1.70. The van der Waals surface area contributed by atoms with Gasteiger partial charge >= 0.3 is 58.4 Å². The summed E-state index contributed by atoms with van der Waals surface area (Å²) in [6.07, 6.45) is 0. The molecule has 0 saturated carbocycles. The Morgan fingerprint density at radius 2 is 1.64 bits per heavy atom. The van der Waals surface area contributed by atoms with Crippen molar-refractivity contribution in [2.45, 2.75) is 5.75 Å². The molecule has 1 rings (SSSR count). The Kier molecular flexibility index (Phi) is 7.91. The Balaban J connectivity index is 0.00000169. The third-order valence-electron chi connectivity index (χ3n) is 1.42. The van der Waals surface area contributed by atoms with Gasteiger partial charge in [0.15, 0.2) is 0 Å². The van der Waals surface area contributed by atoms with Gasteiger partial charge in [0, 0.05) is 5.75 Å². The first-order chi connectivity index (χ1) is 6.08. The molecule has 1 aromatic rings. The van der Waals surface area contributed by atoms with Crippen molar-refractivity contribution < 1.29 is 64.3 Å². The van der Waals surface area contributed by atoms with E-state index in [1.54, 1.807) is 0 Å². The largest absolute Gasteiger partial charge is 1.00 e. The van der Waals surface area contributed by atoms with E-state index in [2.05, 4.69) is 0 Å². The van der Waals surface area contributed by atoms with Gasteiger partial charge in [-0.15, -0.1) is 0 Å². The molecule has 0 spiro atoms.